The number of methoxy groups -OCH3 is 1. The Balaban J connectivity index is 1.82. The van der Waals surface area contributed by atoms with Crippen LogP contribution in [0.15, 0.2) is 36.4 Å². The fourth-order valence-corrected chi connectivity index (χ4v) is 3.22. The summed E-state index contributed by atoms with van der Waals surface area (Å²) in [6.45, 7) is -1.79. The van der Waals surface area contributed by atoms with Crippen LogP contribution in [0, 0.1) is 11.6 Å². The standard InChI is InChI=1S/C21H20F5N5O2/c1-33-17-5-3-12(22)7-14(17)20(32)29-9-11-2-4-13(16(23)6-11)18-15(8-27)19(28)31(30-18)10-21(24,25)26/h2-7H,8-10,27-28H2,1H3,(H,29,32). The number of benzene rings is 2. The lowest BCUT2D eigenvalue weighted by molar-refractivity contribution is -0.142. The Morgan fingerprint density at radius 3 is 2.52 bits per heavy atom. The second-order valence-electron chi connectivity index (χ2n) is 7.03. The van der Waals surface area contributed by atoms with Gasteiger partial charge in [-0.25, -0.2) is 13.5 Å². The van der Waals surface area contributed by atoms with Crippen LogP contribution in [0.1, 0.15) is 21.5 Å². The lowest BCUT2D eigenvalue weighted by Crippen LogP contribution is -2.23. The largest absolute Gasteiger partial charge is 0.496 e. The van der Waals surface area contributed by atoms with Crippen molar-refractivity contribution in [1.29, 1.82) is 0 Å². The molecule has 0 fully saturated rings. The second-order valence-corrected chi connectivity index (χ2v) is 7.03. The number of ether oxygens (including phenoxy) is 1. The van der Waals surface area contributed by atoms with Crippen LogP contribution in [0.3, 0.4) is 0 Å². The van der Waals surface area contributed by atoms with Crippen molar-refractivity contribution < 1.29 is 31.5 Å². The first-order chi connectivity index (χ1) is 15.5. The van der Waals surface area contributed by atoms with Crippen LogP contribution in [0.5, 0.6) is 5.75 Å². The van der Waals surface area contributed by atoms with Crippen molar-refractivity contribution in [3.05, 3.63) is 64.7 Å². The number of nitrogens with two attached hydrogens (primary N) is 2. The average molecular weight is 469 g/mol. The minimum Gasteiger partial charge on any atom is -0.496 e. The highest BCUT2D eigenvalue weighted by molar-refractivity contribution is 5.96. The summed E-state index contributed by atoms with van der Waals surface area (Å²) in [6, 6.07) is 7.31. The van der Waals surface area contributed by atoms with Crippen molar-refractivity contribution in [3.8, 4) is 17.0 Å². The molecule has 176 valence electrons. The zero-order valence-electron chi connectivity index (χ0n) is 17.3. The highest BCUT2D eigenvalue weighted by atomic mass is 19.4. The lowest BCUT2D eigenvalue weighted by Gasteiger charge is -2.10. The normalized spacial score (nSPS) is 11.5. The Kier molecular flexibility index (Phi) is 6.86. The predicted octanol–water partition coefficient (Wildman–Crippen LogP) is 3.37. The number of aromatic nitrogens is 2. The van der Waals surface area contributed by atoms with Crippen molar-refractivity contribution >= 4 is 11.7 Å². The first kappa shape index (κ1) is 24.0. The van der Waals surface area contributed by atoms with E-state index in [1.54, 1.807) is 0 Å². The van der Waals surface area contributed by atoms with E-state index in [1.165, 1.54) is 25.3 Å². The van der Waals surface area contributed by atoms with Crippen LogP contribution < -0.4 is 21.5 Å². The van der Waals surface area contributed by atoms with E-state index < -0.39 is 30.3 Å². The molecule has 0 aliphatic carbocycles. The molecule has 3 rings (SSSR count). The van der Waals surface area contributed by atoms with Crippen molar-refractivity contribution in [2.75, 3.05) is 12.8 Å². The van der Waals surface area contributed by atoms with Gasteiger partial charge in [0, 0.05) is 24.2 Å². The van der Waals surface area contributed by atoms with Gasteiger partial charge < -0.3 is 21.5 Å². The number of rotatable bonds is 7. The van der Waals surface area contributed by atoms with E-state index in [4.69, 9.17) is 16.2 Å². The van der Waals surface area contributed by atoms with E-state index in [-0.39, 0.29) is 47.0 Å². The molecule has 2 aromatic carbocycles. The second kappa shape index (κ2) is 9.45. The molecular formula is C21H20F5N5O2. The number of anilines is 1. The number of carbonyl (C=O) groups is 1. The Labute approximate surface area is 185 Å². The van der Waals surface area contributed by atoms with E-state index >= 15 is 0 Å². The monoisotopic (exact) mass is 469 g/mol. The maximum Gasteiger partial charge on any atom is 0.408 e. The van der Waals surface area contributed by atoms with E-state index in [2.05, 4.69) is 10.4 Å². The van der Waals surface area contributed by atoms with E-state index in [0.717, 1.165) is 18.2 Å². The molecule has 1 heterocycles. The molecule has 0 saturated heterocycles. The highest BCUT2D eigenvalue weighted by Crippen LogP contribution is 2.31. The molecule has 0 aliphatic heterocycles. The molecule has 0 unspecified atom stereocenters. The number of hydrogen-bond donors (Lipinski definition) is 3. The molecule has 3 aromatic rings. The maximum atomic E-state index is 14.8. The van der Waals surface area contributed by atoms with Crippen LogP contribution >= 0.6 is 0 Å². The summed E-state index contributed by atoms with van der Waals surface area (Å²) >= 11 is 0. The molecular weight excluding hydrogens is 449 g/mol. The zero-order chi connectivity index (χ0) is 24.3. The minimum absolute atomic E-state index is 0.0344. The van der Waals surface area contributed by atoms with E-state index in [0.29, 0.717) is 10.2 Å². The Bertz CT molecular complexity index is 1180. The summed E-state index contributed by atoms with van der Waals surface area (Å²) in [7, 11) is 1.33. The van der Waals surface area contributed by atoms with Gasteiger partial charge in [0.05, 0.1) is 12.7 Å². The van der Waals surface area contributed by atoms with Crippen molar-refractivity contribution in [2.45, 2.75) is 25.8 Å². The number of alkyl halides is 3. The van der Waals surface area contributed by atoms with Gasteiger partial charge in [-0.3, -0.25) is 4.79 Å². The zero-order valence-corrected chi connectivity index (χ0v) is 17.3. The summed E-state index contributed by atoms with van der Waals surface area (Å²) in [6.07, 6.45) is -4.58. The molecule has 0 atom stereocenters. The smallest absolute Gasteiger partial charge is 0.408 e. The first-order valence-corrected chi connectivity index (χ1v) is 9.56. The third-order valence-electron chi connectivity index (χ3n) is 4.77. The fourth-order valence-electron chi connectivity index (χ4n) is 3.22. The molecule has 0 bridgehead atoms. The number of nitrogens with one attached hydrogen (secondary N) is 1. The third kappa shape index (κ3) is 5.40. The molecule has 5 N–H and O–H groups in total. The van der Waals surface area contributed by atoms with Gasteiger partial charge in [0.25, 0.3) is 5.91 Å². The number of nitrogen functional groups attached to an aromatic ring is 1. The topological polar surface area (TPSA) is 108 Å². The molecule has 1 aromatic heterocycles. The predicted molar refractivity (Wildman–Crippen MR) is 110 cm³/mol. The van der Waals surface area contributed by atoms with E-state index in [9.17, 15) is 26.7 Å². The molecule has 0 spiro atoms. The number of nitrogens with zero attached hydrogens (tertiary/aromatic N) is 2. The number of amides is 1. The third-order valence-corrected chi connectivity index (χ3v) is 4.77. The van der Waals surface area contributed by atoms with Crippen molar-refractivity contribution in [2.24, 2.45) is 5.73 Å². The lowest BCUT2D eigenvalue weighted by atomic mass is 10.0. The van der Waals surface area contributed by atoms with Crippen LogP contribution in [-0.4, -0.2) is 29.0 Å². The summed E-state index contributed by atoms with van der Waals surface area (Å²) in [5.41, 5.74) is 11.5. The van der Waals surface area contributed by atoms with Crippen LogP contribution in [0.25, 0.3) is 11.3 Å². The molecule has 33 heavy (non-hydrogen) atoms. The van der Waals surface area contributed by atoms with Crippen LogP contribution in [0.4, 0.5) is 27.8 Å². The quantitative estimate of drug-likeness (QED) is 0.460. The minimum atomic E-state index is -4.58. The van der Waals surface area contributed by atoms with Gasteiger partial charge in [0.2, 0.25) is 0 Å². The fraction of sp³-hybridized carbons (Fsp3) is 0.238. The van der Waals surface area contributed by atoms with Gasteiger partial charge >= 0.3 is 6.18 Å². The Morgan fingerprint density at radius 2 is 1.91 bits per heavy atom. The first-order valence-electron chi connectivity index (χ1n) is 9.56. The van der Waals surface area contributed by atoms with Crippen molar-refractivity contribution in [3.63, 3.8) is 0 Å². The Hall–Kier alpha value is -3.67. The molecule has 12 heteroatoms. The van der Waals surface area contributed by atoms with Gasteiger partial charge in [-0.15, -0.1) is 0 Å². The summed E-state index contributed by atoms with van der Waals surface area (Å²) in [4.78, 5) is 12.4. The van der Waals surface area contributed by atoms with Gasteiger partial charge in [0.15, 0.2) is 0 Å². The summed E-state index contributed by atoms with van der Waals surface area (Å²) in [5, 5.41) is 6.33. The van der Waals surface area contributed by atoms with Crippen LogP contribution in [-0.2, 0) is 19.6 Å². The number of hydrogen-bond acceptors (Lipinski definition) is 5. The summed E-state index contributed by atoms with van der Waals surface area (Å²) < 4.78 is 72.1. The highest BCUT2D eigenvalue weighted by Gasteiger charge is 2.31. The number of halogens is 5. The molecule has 0 aliphatic rings. The van der Waals surface area contributed by atoms with Gasteiger partial charge in [-0.1, -0.05) is 6.07 Å². The Morgan fingerprint density at radius 1 is 1.18 bits per heavy atom. The van der Waals surface area contributed by atoms with Crippen molar-refractivity contribution in [1.82, 2.24) is 15.1 Å². The number of carbonyl (C=O) groups excluding carboxylic acids is 1. The molecule has 1 amide bonds. The molecule has 7 nitrogen and oxygen atoms in total. The molecule has 0 radical (unpaired) electrons. The van der Waals surface area contributed by atoms with Gasteiger partial charge in [-0.2, -0.15) is 18.3 Å². The average Bonchev–Trinajstić information content (AvgIpc) is 3.05. The molecule has 0 saturated carbocycles. The van der Waals surface area contributed by atoms with Crippen LogP contribution in [0.2, 0.25) is 0 Å². The van der Waals surface area contributed by atoms with Gasteiger partial charge in [-0.05, 0) is 35.9 Å². The SMILES string of the molecule is COc1ccc(F)cc1C(=O)NCc1ccc(-c2nn(CC(F)(F)F)c(N)c2CN)c(F)c1. The van der Waals surface area contributed by atoms with E-state index in [1.807, 2.05) is 0 Å². The van der Waals surface area contributed by atoms with Gasteiger partial charge in [0.1, 0.15) is 35.4 Å². The summed E-state index contributed by atoms with van der Waals surface area (Å²) in [5.74, 6) is -2.20. The maximum absolute atomic E-state index is 14.8.